The first kappa shape index (κ1) is 16.2. The van der Waals surface area contributed by atoms with E-state index in [-0.39, 0.29) is 5.91 Å². The van der Waals surface area contributed by atoms with E-state index in [1.54, 1.807) is 11.3 Å². The van der Waals surface area contributed by atoms with Crippen molar-refractivity contribution in [1.29, 1.82) is 0 Å². The van der Waals surface area contributed by atoms with Crippen LogP contribution >= 0.6 is 11.3 Å². The van der Waals surface area contributed by atoms with Crippen molar-refractivity contribution in [2.24, 2.45) is 5.92 Å². The van der Waals surface area contributed by atoms with Crippen molar-refractivity contribution in [3.8, 4) is 11.5 Å². The average Bonchev–Trinajstić information content (AvgIpc) is 3.23. The van der Waals surface area contributed by atoms with Crippen LogP contribution in [0.2, 0.25) is 0 Å². The molecular weight excluding hydrogens is 310 g/mol. The molecular formula is C17H23N3O2S. The molecule has 1 amide bonds. The molecule has 23 heavy (non-hydrogen) atoms. The van der Waals surface area contributed by atoms with Crippen molar-refractivity contribution in [2.45, 2.75) is 51.5 Å². The summed E-state index contributed by atoms with van der Waals surface area (Å²) in [5, 5.41) is 12.0. The van der Waals surface area contributed by atoms with E-state index in [1.807, 2.05) is 28.8 Å². The zero-order valence-corrected chi connectivity index (χ0v) is 14.5. The van der Waals surface area contributed by atoms with Crippen LogP contribution in [0.3, 0.4) is 0 Å². The molecule has 1 fully saturated rings. The Bertz CT molecular complexity index is 638. The van der Waals surface area contributed by atoms with Crippen LogP contribution in [-0.4, -0.2) is 34.1 Å². The molecule has 1 saturated carbocycles. The van der Waals surface area contributed by atoms with Crippen molar-refractivity contribution < 1.29 is 9.21 Å². The van der Waals surface area contributed by atoms with Gasteiger partial charge in [0.25, 0.3) is 0 Å². The molecule has 0 radical (unpaired) electrons. The van der Waals surface area contributed by atoms with Crippen molar-refractivity contribution in [3.63, 3.8) is 0 Å². The van der Waals surface area contributed by atoms with Gasteiger partial charge in [-0.15, -0.1) is 10.2 Å². The molecule has 124 valence electrons. The first-order valence-corrected chi connectivity index (χ1v) is 9.20. The fourth-order valence-corrected chi connectivity index (χ4v) is 3.93. The summed E-state index contributed by atoms with van der Waals surface area (Å²) in [6, 6.07) is 2.33. The van der Waals surface area contributed by atoms with Crippen molar-refractivity contribution in [1.82, 2.24) is 15.1 Å². The SMILES string of the molecule is C[C@H]1CCCC[C@H]1N(C)C(=O)CCc1nnc(-c2ccsc2)o1. The number of aryl methyl sites for hydroxylation is 1. The van der Waals surface area contributed by atoms with Crippen LogP contribution in [0.25, 0.3) is 11.5 Å². The lowest BCUT2D eigenvalue weighted by atomic mass is 9.85. The Morgan fingerprint density at radius 1 is 1.39 bits per heavy atom. The van der Waals surface area contributed by atoms with E-state index in [1.165, 1.54) is 19.3 Å². The van der Waals surface area contributed by atoms with Crippen molar-refractivity contribution in [3.05, 3.63) is 22.7 Å². The number of hydrogen-bond donors (Lipinski definition) is 0. The second-order valence-corrected chi connectivity index (χ2v) is 7.13. The summed E-state index contributed by atoms with van der Waals surface area (Å²) < 4.78 is 5.64. The van der Waals surface area contributed by atoms with Crippen LogP contribution in [0.15, 0.2) is 21.2 Å². The maximum atomic E-state index is 12.4. The van der Waals surface area contributed by atoms with Gasteiger partial charge in [-0.3, -0.25) is 4.79 Å². The average molecular weight is 333 g/mol. The second kappa shape index (κ2) is 7.25. The molecule has 0 saturated heterocycles. The maximum absolute atomic E-state index is 12.4. The van der Waals surface area contributed by atoms with Gasteiger partial charge in [-0.25, -0.2) is 0 Å². The summed E-state index contributed by atoms with van der Waals surface area (Å²) >= 11 is 1.59. The zero-order valence-electron chi connectivity index (χ0n) is 13.7. The Morgan fingerprint density at radius 2 is 2.22 bits per heavy atom. The molecule has 3 rings (SSSR count). The standard InChI is InChI=1S/C17H23N3O2S/c1-12-5-3-4-6-14(12)20(2)16(21)8-7-15-18-19-17(22-15)13-9-10-23-11-13/h9-12,14H,3-8H2,1-2H3/t12-,14+/m0/s1. The third kappa shape index (κ3) is 3.80. The maximum Gasteiger partial charge on any atom is 0.248 e. The predicted molar refractivity (Wildman–Crippen MR) is 90.1 cm³/mol. The van der Waals surface area contributed by atoms with Crippen LogP contribution < -0.4 is 0 Å². The fraction of sp³-hybridized carbons (Fsp3) is 0.588. The number of carbonyl (C=O) groups is 1. The van der Waals surface area contributed by atoms with E-state index in [4.69, 9.17) is 4.42 Å². The number of nitrogens with zero attached hydrogens (tertiary/aromatic N) is 3. The van der Waals surface area contributed by atoms with Gasteiger partial charge >= 0.3 is 0 Å². The molecule has 0 bridgehead atoms. The van der Waals surface area contributed by atoms with Gasteiger partial charge in [0, 0.05) is 36.9 Å². The van der Waals surface area contributed by atoms with Gasteiger partial charge in [0.15, 0.2) is 0 Å². The molecule has 0 spiro atoms. The zero-order chi connectivity index (χ0) is 16.2. The highest BCUT2D eigenvalue weighted by atomic mass is 32.1. The third-order valence-corrected chi connectivity index (χ3v) is 5.43. The highest BCUT2D eigenvalue weighted by Crippen LogP contribution is 2.28. The second-order valence-electron chi connectivity index (χ2n) is 6.35. The number of hydrogen-bond acceptors (Lipinski definition) is 5. The summed E-state index contributed by atoms with van der Waals surface area (Å²) in [5.74, 6) is 1.82. The quantitative estimate of drug-likeness (QED) is 0.836. The fourth-order valence-electron chi connectivity index (χ4n) is 3.30. The van der Waals surface area contributed by atoms with E-state index in [9.17, 15) is 4.79 Å². The number of carbonyl (C=O) groups excluding carboxylic acids is 1. The molecule has 2 atom stereocenters. The number of aromatic nitrogens is 2. The summed E-state index contributed by atoms with van der Waals surface area (Å²) in [6.07, 6.45) is 5.77. The highest BCUT2D eigenvalue weighted by molar-refractivity contribution is 7.08. The Labute approximate surface area is 140 Å². The highest BCUT2D eigenvalue weighted by Gasteiger charge is 2.27. The molecule has 0 aromatic carbocycles. The van der Waals surface area contributed by atoms with E-state index in [0.717, 1.165) is 12.0 Å². The van der Waals surface area contributed by atoms with E-state index in [2.05, 4.69) is 17.1 Å². The minimum atomic E-state index is 0.166. The lowest BCUT2D eigenvalue weighted by Crippen LogP contribution is -2.42. The molecule has 1 aliphatic carbocycles. The normalized spacial score (nSPS) is 21.3. The van der Waals surface area contributed by atoms with Gasteiger partial charge in [-0.2, -0.15) is 11.3 Å². The van der Waals surface area contributed by atoms with Crippen LogP contribution in [0.5, 0.6) is 0 Å². The van der Waals surface area contributed by atoms with Crippen molar-refractivity contribution >= 4 is 17.2 Å². The van der Waals surface area contributed by atoms with Gasteiger partial charge in [0.2, 0.25) is 17.7 Å². The third-order valence-electron chi connectivity index (χ3n) is 4.74. The van der Waals surface area contributed by atoms with E-state index >= 15 is 0 Å². The molecule has 0 aliphatic heterocycles. The summed E-state index contributed by atoms with van der Waals surface area (Å²) in [5.41, 5.74) is 0.938. The Balaban J connectivity index is 1.54. The van der Waals surface area contributed by atoms with Gasteiger partial charge in [-0.05, 0) is 30.2 Å². The Morgan fingerprint density at radius 3 is 2.96 bits per heavy atom. The first-order chi connectivity index (χ1) is 11.1. The molecule has 6 heteroatoms. The molecule has 2 aromatic heterocycles. The summed E-state index contributed by atoms with van der Waals surface area (Å²) in [6.45, 7) is 2.25. The van der Waals surface area contributed by atoms with Crippen LogP contribution in [0.4, 0.5) is 0 Å². The van der Waals surface area contributed by atoms with Gasteiger partial charge in [0.1, 0.15) is 0 Å². The van der Waals surface area contributed by atoms with Crippen molar-refractivity contribution in [2.75, 3.05) is 7.05 Å². The minimum Gasteiger partial charge on any atom is -0.421 e. The lowest BCUT2D eigenvalue weighted by molar-refractivity contribution is -0.133. The first-order valence-electron chi connectivity index (χ1n) is 8.25. The molecule has 0 N–H and O–H groups in total. The van der Waals surface area contributed by atoms with Gasteiger partial charge in [0.05, 0.1) is 0 Å². The van der Waals surface area contributed by atoms with Gasteiger partial charge < -0.3 is 9.32 Å². The molecule has 2 aromatic rings. The molecule has 1 aliphatic rings. The summed E-state index contributed by atoms with van der Waals surface area (Å²) in [4.78, 5) is 14.4. The molecule has 2 heterocycles. The molecule has 0 unspecified atom stereocenters. The van der Waals surface area contributed by atoms with Gasteiger partial charge in [-0.1, -0.05) is 19.8 Å². The predicted octanol–water partition coefficient (Wildman–Crippen LogP) is 3.77. The number of amides is 1. The number of thiophene rings is 1. The van der Waals surface area contributed by atoms with Crippen LogP contribution in [0.1, 0.15) is 44.9 Å². The summed E-state index contributed by atoms with van der Waals surface area (Å²) in [7, 11) is 1.93. The smallest absolute Gasteiger partial charge is 0.248 e. The largest absolute Gasteiger partial charge is 0.421 e. The number of rotatable bonds is 5. The Hall–Kier alpha value is -1.69. The lowest BCUT2D eigenvalue weighted by Gasteiger charge is -2.36. The van der Waals surface area contributed by atoms with E-state index < -0.39 is 0 Å². The monoisotopic (exact) mass is 333 g/mol. The topological polar surface area (TPSA) is 59.2 Å². The van der Waals surface area contributed by atoms with Crippen LogP contribution in [0, 0.1) is 5.92 Å². The Kier molecular flexibility index (Phi) is 5.10. The van der Waals surface area contributed by atoms with Crippen LogP contribution in [-0.2, 0) is 11.2 Å². The minimum absolute atomic E-state index is 0.166. The van der Waals surface area contributed by atoms with E-state index in [0.29, 0.717) is 36.6 Å². The molecule has 5 nitrogen and oxygen atoms in total.